The SMILES string of the molecule is O=C(Nc1c(Cl)cc(F)cc1Cl)N1CCOCC1. The lowest BCUT2D eigenvalue weighted by molar-refractivity contribution is 0.0564. The summed E-state index contributed by atoms with van der Waals surface area (Å²) in [7, 11) is 0. The predicted molar refractivity (Wildman–Crippen MR) is 67.8 cm³/mol. The molecule has 2 amide bonds. The molecule has 1 aliphatic rings. The van der Waals surface area contributed by atoms with Crippen molar-refractivity contribution in [1.29, 1.82) is 0 Å². The third kappa shape index (κ3) is 3.04. The molecule has 0 saturated carbocycles. The Morgan fingerprint density at radius 1 is 1.28 bits per heavy atom. The van der Waals surface area contributed by atoms with E-state index in [0.29, 0.717) is 26.3 Å². The number of halogens is 3. The van der Waals surface area contributed by atoms with Gasteiger partial charge in [-0.1, -0.05) is 23.2 Å². The van der Waals surface area contributed by atoms with Crippen LogP contribution in [0.3, 0.4) is 0 Å². The van der Waals surface area contributed by atoms with Gasteiger partial charge in [-0.3, -0.25) is 0 Å². The zero-order chi connectivity index (χ0) is 13.1. The van der Waals surface area contributed by atoms with Gasteiger partial charge in [0.15, 0.2) is 0 Å². The van der Waals surface area contributed by atoms with Crippen molar-refractivity contribution < 1.29 is 13.9 Å². The van der Waals surface area contributed by atoms with Crippen molar-refractivity contribution in [2.24, 2.45) is 0 Å². The van der Waals surface area contributed by atoms with Crippen molar-refractivity contribution >= 4 is 34.9 Å². The Morgan fingerprint density at radius 2 is 1.83 bits per heavy atom. The van der Waals surface area contributed by atoms with E-state index in [1.54, 1.807) is 4.90 Å². The number of carbonyl (C=O) groups excluding carboxylic acids is 1. The molecule has 1 aromatic carbocycles. The van der Waals surface area contributed by atoms with Gasteiger partial charge >= 0.3 is 6.03 Å². The summed E-state index contributed by atoms with van der Waals surface area (Å²) in [4.78, 5) is 13.5. The maximum absolute atomic E-state index is 13.0. The van der Waals surface area contributed by atoms with E-state index >= 15 is 0 Å². The van der Waals surface area contributed by atoms with E-state index in [2.05, 4.69) is 5.32 Å². The number of carbonyl (C=O) groups is 1. The number of rotatable bonds is 1. The molecule has 1 N–H and O–H groups in total. The first-order valence-electron chi connectivity index (χ1n) is 5.36. The zero-order valence-electron chi connectivity index (χ0n) is 9.38. The Morgan fingerprint density at radius 3 is 2.39 bits per heavy atom. The quantitative estimate of drug-likeness (QED) is 0.864. The molecule has 2 rings (SSSR count). The molecule has 0 radical (unpaired) electrons. The first-order valence-corrected chi connectivity index (χ1v) is 6.12. The molecule has 1 saturated heterocycles. The van der Waals surface area contributed by atoms with E-state index in [1.165, 1.54) is 0 Å². The summed E-state index contributed by atoms with van der Waals surface area (Å²) in [6, 6.07) is 1.87. The highest BCUT2D eigenvalue weighted by atomic mass is 35.5. The van der Waals surface area contributed by atoms with Gasteiger partial charge in [0.2, 0.25) is 0 Å². The number of urea groups is 1. The van der Waals surface area contributed by atoms with Crippen LogP contribution in [0.25, 0.3) is 0 Å². The van der Waals surface area contributed by atoms with Crippen molar-refractivity contribution in [3.63, 3.8) is 0 Å². The number of ether oxygens (including phenoxy) is 1. The lowest BCUT2D eigenvalue weighted by Crippen LogP contribution is -2.43. The summed E-state index contributed by atoms with van der Waals surface area (Å²) in [5.41, 5.74) is 0.219. The number of hydrogen-bond acceptors (Lipinski definition) is 2. The Balaban J connectivity index is 2.11. The van der Waals surface area contributed by atoms with Crippen LogP contribution >= 0.6 is 23.2 Å². The topological polar surface area (TPSA) is 41.6 Å². The standard InChI is InChI=1S/C11H11Cl2FN2O2/c12-8-5-7(14)6-9(13)10(8)15-11(17)16-1-3-18-4-2-16/h5-6H,1-4H2,(H,15,17). The van der Waals surface area contributed by atoms with Crippen LogP contribution in [-0.2, 0) is 4.74 Å². The predicted octanol–water partition coefficient (Wildman–Crippen LogP) is 3.00. The van der Waals surface area contributed by atoms with E-state index in [0.717, 1.165) is 12.1 Å². The fourth-order valence-corrected chi connectivity index (χ4v) is 2.17. The molecule has 1 heterocycles. The molecule has 1 fully saturated rings. The number of hydrogen-bond donors (Lipinski definition) is 1. The lowest BCUT2D eigenvalue weighted by Gasteiger charge is -2.27. The summed E-state index contributed by atoms with van der Waals surface area (Å²) in [6.45, 7) is 2.00. The zero-order valence-corrected chi connectivity index (χ0v) is 10.9. The van der Waals surface area contributed by atoms with Gasteiger partial charge < -0.3 is 15.0 Å². The Hall–Kier alpha value is -1.04. The van der Waals surface area contributed by atoms with Crippen molar-refractivity contribution in [1.82, 2.24) is 4.90 Å². The number of anilines is 1. The molecule has 1 aromatic rings. The lowest BCUT2D eigenvalue weighted by atomic mass is 10.3. The average Bonchev–Trinajstić information content (AvgIpc) is 2.34. The van der Waals surface area contributed by atoms with Gasteiger partial charge in [0.25, 0.3) is 0 Å². The summed E-state index contributed by atoms with van der Waals surface area (Å²) in [5, 5.41) is 2.72. The second-order valence-electron chi connectivity index (χ2n) is 3.77. The molecule has 7 heteroatoms. The van der Waals surface area contributed by atoms with Crippen LogP contribution in [0.15, 0.2) is 12.1 Å². The molecule has 18 heavy (non-hydrogen) atoms. The summed E-state index contributed by atoms with van der Waals surface area (Å²) in [5.74, 6) is -0.547. The largest absolute Gasteiger partial charge is 0.378 e. The van der Waals surface area contributed by atoms with Crippen molar-refractivity contribution in [2.45, 2.75) is 0 Å². The number of nitrogens with zero attached hydrogens (tertiary/aromatic N) is 1. The third-order valence-corrected chi connectivity index (χ3v) is 3.13. The van der Waals surface area contributed by atoms with Gasteiger partial charge in [0.1, 0.15) is 5.82 Å². The fourth-order valence-electron chi connectivity index (χ4n) is 1.61. The first-order chi connectivity index (χ1) is 8.58. The van der Waals surface area contributed by atoms with Crippen LogP contribution in [0.4, 0.5) is 14.9 Å². The minimum atomic E-state index is -0.547. The number of benzene rings is 1. The second-order valence-corrected chi connectivity index (χ2v) is 4.59. The normalized spacial score (nSPS) is 15.6. The van der Waals surface area contributed by atoms with Crippen LogP contribution in [0, 0.1) is 5.82 Å². The molecule has 4 nitrogen and oxygen atoms in total. The van der Waals surface area contributed by atoms with Crippen LogP contribution in [0.2, 0.25) is 10.0 Å². The van der Waals surface area contributed by atoms with Crippen LogP contribution in [0.1, 0.15) is 0 Å². The molecule has 0 spiro atoms. The minimum Gasteiger partial charge on any atom is -0.378 e. The van der Waals surface area contributed by atoms with Crippen molar-refractivity contribution in [3.05, 3.63) is 28.0 Å². The third-order valence-electron chi connectivity index (χ3n) is 2.54. The van der Waals surface area contributed by atoms with Gasteiger partial charge in [-0.15, -0.1) is 0 Å². The van der Waals surface area contributed by atoms with E-state index in [1.807, 2.05) is 0 Å². The van der Waals surface area contributed by atoms with E-state index < -0.39 is 5.82 Å². The number of amides is 2. The smallest absolute Gasteiger partial charge is 0.322 e. The second kappa shape index (κ2) is 5.73. The Kier molecular flexibility index (Phi) is 4.27. The van der Waals surface area contributed by atoms with Crippen molar-refractivity contribution in [2.75, 3.05) is 31.6 Å². The highest BCUT2D eigenvalue weighted by Crippen LogP contribution is 2.31. The molecule has 0 atom stereocenters. The monoisotopic (exact) mass is 292 g/mol. The maximum Gasteiger partial charge on any atom is 0.322 e. The molecule has 0 aliphatic carbocycles. The molecule has 0 aromatic heterocycles. The van der Waals surface area contributed by atoms with Gasteiger partial charge in [-0.2, -0.15) is 0 Å². The highest BCUT2D eigenvalue weighted by Gasteiger charge is 2.19. The molecule has 0 bridgehead atoms. The van der Waals surface area contributed by atoms with Crippen LogP contribution in [-0.4, -0.2) is 37.2 Å². The summed E-state index contributed by atoms with van der Waals surface area (Å²) in [6.07, 6.45) is 0. The Labute approximate surface area is 114 Å². The average molecular weight is 293 g/mol. The van der Waals surface area contributed by atoms with Crippen molar-refractivity contribution in [3.8, 4) is 0 Å². The summed E-state index contributed by atoms with van der Waals surface area (Å²) >= 11 is 11.7. The van der Waals surface area contributed by atoms with Gasteiger partial charge in [-0.05, 0) is 12.1 Å². The molecule has 98 valence electrons. The molecular weight excluding hydrogens is 282 g/mol. The number of morpholine rings is 1. The van der Waals surface area contributed by atoms with E-state index in [9.17, 15) is 9.18 Å². The molecular formula is C11H11Cl2FN2O2. The van der Waals surface area contributed by atoms with Crippen LogP contribution in [0.5, 0.6) is 0 Å². The van der Waals surface area contributed by atoms with Gasteiger partial charge in [-0.25, -0.2) is 9.18 Å². The first kappa shape index (κ1) is 13.4. The number of nitrogens with one attached hydrogen (secondary N) is 1. The van der Waals surface area contributed by atoms with E-state index in [4.69, 9.17) is 27.9 Å². The van der Waals surface area contributed by atoms with Gasteiger partial charge in [0.05, 0.1) is 28.9 Å². The minimum absolute atomic E-state index is 0.0709. The summed E-state index contributed by atoms with van der Waals surface area (Å²) < 4.78 is 18.1. The van der Waals surface area contributed by atoms with Crippen LogP contribution < -0.4 is 5.32 Å². The highest BCUT2D eigenvalue weighted by molar-refractivity contribution is 6.39. The van der Waals surface area contributed by atoms with E-state index in [-0.39, 0.29) is 21.8 Å². The van der Waals surface area contributed by atoms with Gasteiger partial charge in [0, 0.05) is 13.1 Å². The maximum atomic E-state index is 13.0. The Bertz CT molecular complexity index is 441. The molecule has 0 unspecified atom stereocenters. The fraction of sp³-hybridized carbons (Fsp3) is 0.364. The molecule has 1 aliphatic heterocycles.